The lowest BCUT2D eigenvalue weighted by molar-refractivity contribution is -0.313. The summed E-state index contributed by atoms with van der Waals surface area (Å²) in [5, 5.41) is 14.7. The summed E-state index contributed by atoms with van der Waals surface area (Å²) in [5.41, 5.74) is 8.63. The van der Waals surface area contributed by atoms with Crippen LogP contribution in [-0.4, -0.2) is 30.0 Å². The molecule has 2 aromatic rings. The van der Waals surface area contributed by atoms with Crippen LogP contribution < -0.4 is 16.2 Å². The van der Waals surface area contributed by atoms with Gasteiger partial charge >= 0.3 is 0 Å². The fraction of sp³-hybridized carbons (Fsp3) is 0.435. The largest absolute Gasteiger partial charge is 0.550 e. The van der Waals surface area contributed by atoms with Gasteiger partial charge in [0.05, 0.1) is 23.7 Å². The van der Waals surface area contributed by atoms with Gasteiger partial charge in [0.2, 0.25) is 5.91 Å². The number of carboxylic acid groups (broad SMARTS) is 1. The summed E-state index contributed by atoms with van der Waals surface area (Å²) in [6.07, 6.45) is 0.288. The van der Waals surface area contributed by atoms with Crippen molar-refractivity contribution >= 4 is 34.1 Å². The first-order valence-electron chi connectivity index (χ1n) is 10.4. The third-order valence-electron chi connectivity index (χ3n) is 6.28. The van der Waals surface area contributed by atoms with Crippen LogP contribution in [0.25, 0.3) is 11.1 Å². The Morgan fingerprint density at radius 2 is 1.74 bits per heavy atom. The van der Waals surface area contributed by atoms with Crippen molar-refractivity contribution in [2.75, 3.05) is 5.32 Å². The number of carbonyl (C=O) groups is 3. The van der Waals surface area contributed by atoms with Crippen LogP contribution >= 0.6 is 11.3 Å². The van der Waals surface area contributed by atoms with Crippen molar-refractivity contribution in [3.05, 3.63) is 40.3 Å². The number of nitrogens with two attached hydrogens (primary N) is 1. The number of anilines is 1. The van der Waals surface area contributed by atoms with E-state index < -0.39 is 41.8 Å². The first kappa shape index (κ1) is 21.5. The fourth-order valence-electron chi connectivity index (χ4n) is 4.76. The molecule has 2 aliphatic rings. The molecule has 2 bridgehead atoms. The van der Waals surface area contributed by atoms with Crippen LogP contribution in [-0.2, 0) is 14.3 Å². The zero-order chi connectivity index (χ0) is 22.4. The van der Waals surface area contributed by atoms with Crippen LogP contribution in [0.2, 0.25) is 0 Å². The number of ether oxygens (including phenoxy) is 1. The molecule has 0 radical (unpaired) electrons. The van der Waals surface area contributed by atoms with Gasteiger partial charge in [-0.25, -0.2) is 0 Å². The predicted octanol–water partition coefficient (Wildman–Crippen LogP) is 2.43. The van der Waals surface area contributed by atoms with Gasteiger partial charge in [-0.2, -0.15) is 0 Å². The maximum atomic E-state index is 13.0. The van der Waals surface area contributed by atoms with E-state index in [4.69, 9.17) is 10.5 Å². The fourth-order valence-corrected chi connectivity index (χ4v) is 5.84. The zero-order valence-electron chi connectivity index (χ0n) is 17.6. The van der Waals surface area contributed by atoms with E-state index in [0.29, 0.717) is 29.3 Å². The number of amides is 2. The second-order valence-corrected chi connectivity index (χ2v) is 9.75. The second kappa shape index (κ2) is 8.09. The normalized spacial score (nSPS) is 24.5. The average Bonchev–Trinajstić information content (AvgIpc) is 3.40. The Morgan fingerprint density at radius 3 is 2.29 bits per heavy atom. The minimum Gasteiger partial charge on any atom is -0.550 e. The lowest BCUT2D eigenvalue weighted by Gasteiger charge is -2.27. The topological polar surface area (TPSA) is 122 Å². The van der Waals surface area contributed by atoms with Crippen molar-refractivity contribution in [2.45, 2.75) is 51.7 Å². The van der Waals surface area contributed by atoms with Crippen molar-refractivity contribution < 1.29 is 24.2 Å². The summed E-state index contributed by atoms with van der Waals surface area (Å²) in [7, 11) is 0. The highest BCUT2D eigenvalue weighted by atomic mass is 32.1. The number of hydrogen-bond acceptors (Lipinski definition) is 6. The molecule has 0 spiro atoms. The number of fused-ring (bicyclic) bond motifs is 2. The number of hydrogen-bond donors (Lipinski definition) is 2. The molecule has 1 aromatic heterocycles. The predicted molar refractivity (Wildman–Crippen MR) is 116 cm³/mol. The van der Waals surface area contributed by atoms with Crippen LogP contribution in [0.3, 0.4) is 0 Å². The van der Waals surface area contributed by atoms with Crippen LogP contribution in [0.4, 0.5) is 5.00 Å². The molecule has 1 aromatic carbocycles. The van der Waals surface area contributed by atoms with E-state index in [2.05, 4.69) is 19.2 Å². The molecule has 2 saturated heterocycles. The number of rotatable bonds is 6. The van der Waals surface area contributed by atoms with Gasteiger partial charge < -0.3 is 25.7 Å². The summed E-state index contributed by atoms with van der Waals surface area (Å²) in [5.74, 6) is -3.87. The van der Waals surface area contributed by atoms with Gasteiger partial charge in [-0.05, 0) is 36.8 Å². The second-order valence-electron chi connectivity index (χ2n) is 8.53. The van der Waals surface area contributed by atoms with Crippen molar-refractivity contribution in [1.29, 1.82) is 0 Å². The number of aryl methyl sites for hydroxylation is 1. The van der Waals surface area contributed by atoms with Gasteiger partial charge in [0.1, 0.15) is 5.00 Å². The molecule has 4 rings (SSSR count). The summed E-state index contributed by atoms with van der Waals surface area (Å²) in [6.45, 7) is 6.07. The lowest BCUT2D eigenvalue weighted by Crippen LogP contribution is -2.46. The number of aliphatic carboxylic acids is 1. The first-order chi connectivity index (χ1) is 14.7. The molecule has 31 heavy (non-hydrogen) atoms. The van der Waals surface area contributed by atoms with Crippen molar-refractivity contribution in [1.82, 2.24) is 0 Å². The average molecular weight is 442 g/mol. The molecular weight excluding hydrogens is 416 g/mol. The number of thiophene rings is 1. The molecular formula is C23H25N2O5S-. The molecule has 8 heteroatoms. The molecule has 3 heterocycles. The van der Waals surface area contributed by atoms with Gasteiger partial charge in [-0.1, -0.05) is 38.1 Å². The highest BCUT2D eigenvalue weighted by molar-refractivity contribution is 7.17. The van der Waals surface area contributed by atoms with Crippen LogP contribution in [0, 0.1) is 18.8 Å². The Balaban J connectivity index is 1.67. The summed E-state index contributed by atoms with van der Waals surface area (Å²) < 4.78 is 5.65. The zero-order valence-corrected chi connectivity index (χ0v) is 18.5. The van der Waals surface area contributed by atoms with Crippen LogP contribution in [0.5, 0.6) is 0 Å². The lowest BCUT2D eigenvalue weighted by atomic mass is 9.78. The number of carboxylic acids is 1. The van der Waals surface area contributed by atoms with Crippen LogP contribution in [0.15, 0.2) is 24.3 Å². The quantitative estimate of drug-likeness (QED) is 0.713. The van der Waals surface area contributed by atoms with E-state index in [1.807, 2.05) is 31.2 Å². The van der Waals surface area contributed by atoms with Gasteiger partial charge in [0.25, 0.3) is 5.91 Å². The highest BCUT2D eigenvalue weighted by Crippen LogP contribution is 2.45. The monoisotopic (exact) mass is 441 g/mol. The van der Waals surface area contributed by atoms with E-state index in [0.717, 1.165) is 10.4 Å². The third kappa shape index (κ3) is 3.74. The molecule has 164 valence electrons. The van der Waals surface area contributed by atoms with Gasteiger partial charge in [-0.3, -0.25) is 9.59 Å². The summed E-state index contributed by atoms with van der Waals surface area (Å²) in [6, 6.07) is 7.91. The molecule has 3 N–H and O–H groups in total. The molecule has 0 saturated carbocycles. The first-order valence-corrected chi connectivity index (χ1v) is 11.2. The number of carbonyl (C=O) groups excluding carboxylic acids is 3. The number of primary amides is 1. The van der Waals surface area contributed by atoms with Crippen molar-refractivity contribution in [3.63, 3.8) is 0 Å². The minimum absolute atomic E-state index is 0.238. The van der Waals surface area contributed by atoms with E-state index in [-0.39, 0.29) is 5.56 Å². The molecule has 2 aliphatic heterocycles. The smallest absolute Gasteiger partial charge is 0.252 e. The summed E-state index contributed by atoms with van der Waals surface area (Å²) in [4.78, 5) is 37.8. The molecule has 4 atom stereocenters. The van der Waals surface area contributed by atoms with Gasteiger partial charge in [0.15, 0.2) is 0 Å². The third-order valence-corrected chi connectivity index (χ3v) is 7.30. The van der Waals surface area contributed by atoms with Crippen molar-refractivity contribution in [3.8, 4) is 11.1 Å². The highest BCUT2D eigenvalue weighted by Gasteiger charge is 2.53. The van der Waals surface area contributed by atoms with Crippen LogP contribution in [0.1, 0.15) is 53.4 Å². The molecule has 7 nitrogen and oxygen atoms in total. The standard InChI is InChI=1S/C23H26N2O5S/c1-10(2)12-4-6-13(7-5-12)16-11(3)31-22(19(16)20(24)26)25-21(27)17-14-8-9-15(30-14)18(17)23(28)29/h4-7,10,14-15,17-18H,8-9H2,1-3H3,(H2,24,26)(H,25,27)(H,28,29)/p-1/t14-,15+,17+,18+/m1/s1. The summed E-state index contributed by atoms with van der Waals surface area (Å²) >= 11 is 1.25. The minimum atomic E-state index is -1.28. The molecule has 0 aliphatic carbocycles. The molecule has 2 fully saturated rings. The van der Waals surface area contributed by atoms with E-state index in [9.17, 15) is 19.5 Å². The maximum absolute atomic E-state index is 13.0. The van der Waals surface area contributed by atoms with Crippen molar-refractivity contribution in [2.24, 2.45) is 17.6 Å². The number of benzene rings is 1. The maximum Gasteiger partial charge on any atom is 0.252 e. The van der Waals surface area contributed by atoms with Gasteiger partial charge in [-0.15, -0.1) is 11.3 Å². The Labute approximate surface area is 184 Å². The van der Waals surface area contributed by atoms with Gasteiger partial charge in [0, 0.05) is 22.3 Å². The molecule has 2 amide bonds. The Bertz CT molecular complexity index is 1040. The molecule has 0 unspecified atom stereocenters. The van der Waals surface area contributed by atoms with E-state index in [1.54, 1.807) is 0 Å². The Kier molecular flexibility index (Phi) is 5.61. The van der Waals surface area contributed by atoms with E-state index >= 15 is 0 Å². The SMILES string of the molecule is Cc1sc(NC(=O)[C@@H]2[C@@H](C(=O)[O-])[C@@H]3CC[C@H]2O3)c(C(N)=O)c1-c1ccc(C(C)C)cc1. The number of nitrogens with one attached hydrogen (secondary N) is 1. The Hall–Kier alpha value is -2.71. The van der Waals surface area contributed by atoms with E-state index in [1.165, 1.54) is 16.9 Å². The Morgan fingerprint density at radius 1 is 1.13 bits per heavy atom.